The number of thiophene rings is 1. The van der Waals surface area contributed by atoms with Gasteiger partial charge in [-0.05, 0) is 17.4 Å². The van der Waals surface area contributed by atoms with Crippen molar-refractivity contribution in [3.63, 3.8) is 0 Å². The van der Waals surface area contributed by atoms with E-state index in [9.17, 15) is 4.79 Å². The molecular formula is C17H20N6OS. The summed E-state index contributed by atoms with van der Waals surface area (Å²) < 4.78 is 1.94. The molecule has 0 saturated carbocycles. The SMILES string of the molecule is CC(C)c1cc(N2CCN(C(=O)c3cccs3)CC2)nc2nncn12. The molecule has 25 heavy (non-hydrogen) atoms. The fraction of sp³-hybridized carbons (Fsp3) is 0.412. The first-order valence-electron chi connectivity index (χ1n) is 8.42. The Hall–Kier alpha value is -2.48. The summed E-state index contributed by atoms with van der Waals surface area (Å²) in [6.45, 7) is 7.24. The van der Waals surface area contributed by atoms with Crippen LogP contribution in [0.1, 0.15) is 35.1 Å². The fourth-order valence-corrected chi connectivity index (χ4v) is 3.82. The van der Waals surface area contributed by atoms with Crippen LogP contribution in [0.25, 0.3) is 5.78 Å². The first-order valence-corrected chi connectivity index (χ1v) is 9.30. The lowest BCUT2D eigenvalue weighted by Gasteiger charge is -2.35. The summed E-state index contributed by atoms with van der Waals surface area (Å²) in [4.78, 5) is 22.0. The highest BCUT2D eigenvalue weighted by atomic mass is 32.1. The van der Waals surface area contributed by atoms with E-state index in [1.54, 1.807) is 6.33 Å². The number of nitrogens with zero attached hydrogens (tertiary/aromatic N) is 6. The predicted octanol–water partition coefficient (Wildman–Crippen LogP) is 2.27. The molecule has 7 nitrogen and oxygen atoms in total. The normalized spacial score (nSPS) is 15.3. The molecule has 0 spiro atoms. The summed E-state index contributed by atoms with van der Waals surface area (Å²) in [5.41, 5.74) is 1.14. The summed E-state index contributed by atoms with van der Waals surface area (Å²) in [5.74, 6) is 2.01. The largest absolute Gasteiger partial charge is 0.353 e. The highest BCUT2D eigenvalue weighted by Gasteiger charge is 2.24. The van der Waals surface area contributed by atoms with Gasteiger partial charge in [-0.25, -0.2) is 0 Å². The van der Waals surface area contributed by atoms with E-state index < -0.39 is 0 Å². The maximum absolute atomic E-state index is 12.5. The van der Waals surface area contributed by atoms with Crippen molar-refractivity contribution in [1.82, 2.24) is 24.5 Å². The van der Waals surface area contributed by atoms with Gasteiger partial charge in [0.15, 0.2) is 0 Å². The molecule has 3 aromatic rings. The van der Waals surface area contributed by atoms with Gasteiger partial charge in [-0.15, -0.1) is 21.5 Å². The second-order valence-electron chi connectivity index (χ2n) is 6.45. The van der Waals surface area contributed by atoms with E-state index in [-0.39, 0.29) is 5.91 Å². The van der Waals surface area contributed by atoms with Crippen molar-refractivity contribution in [3.8, 4) is 0 Å². The third kappa shape index (κ3) is 2.97. The minimum Gasteiger partial charge on any atom is -0.353 e. The molecule has 0 unspecified atom stereocenters. The van der Waals surface area contributed by atoms with Crippen LogP contribution in [0.2, 0.25) is 0 Å². The van der Waals surface area contributed by atoms with Crippen molar-refractivity contribution < 1.29 is 4.79 Å². The van der Waals surface area contributed by atoms with E-state index in [1.165, 1.54) is 11.3 Å². The Kier molecular flexibility index (Phi) is 4.12. The second-order valence-corrected chi connectivity index (χ2v) is 7.40. The van der Waals surface area contributed by atoms with Crippen LogP contribution in [0, 0.1) is 0 Å². The average Bonchev–Trinajstić information content (AvgIpc) is 3.31. The van der Waals surface area contributed by atoms with E-state index in [4.69, 9.17) is 0 Å². The van der Waals surface area contributed by atoms with Crippen LogP contribution in [-0.4, -0.2) is 56.6 Å². The van der Waals surface area contributed by atoms with Crippen molar-refractivity contribution in [2.45, 2.75) is 19.8 Å². The van der Waals surface area contributed by atoms with Crippen molar-refractivity contribution in [1.29, 1.82) is 0 Å². The van der Waals surface area contributed by atoms with Gasteiger partial charge in [0.25, 0.3) is 11.7 Å². The zero-order valence-corrected chi connectivity index (χ0v) is 15.1. The molecule has 0 aromatic carbocycles. The van der Waals surface area contributed by atoms with Crippen LogP contribution in [0.3, 0.4) is 0 Å². The van der Waals surface area contributed by atoms with Crippen LogP contribution < -0.4 is 4.90 Å². The number of piperazine rings is 1. The lowest BCUT2D eigenvalue weighted by molar-refractivity contribution is 0.0751. The van der Waals surface area contributed by atoms with Gasteiger partial charge in [-0.2, -0.15) is 4.98 Å². The van der Waals surface area contributed by atoms with Gasteiger partial charge in [0.1, 0.15) is 12.1 Å². The third-order valence-corrected chi connectivity index (χ3v) is 5.37. The first-order chi connectivity index (χ1) is 12.1. The molecule has 0 atom stereocenters. The van der Waals surface area contributed by atoms with E-state index >= 15 is 0 Å². The molecule has 130 valence electrons. The minimum absolute atomic E-state index is 0.124. The molecule has 1 aliphatic heterocycles. The summed E-state index contributed by atoms with van der Waals surface area (Å²) in [6.07, 6.45) is 1.71. The van der Waals surface area contributed by atoms with Crippen LogP contribution in [0.5, 0.6) is 0 Å². The summed E-state index contributed by atoms with van der Waals surface area (Å²) in [7, 11) is 0. The Morgan fingerprint density at radius 2 is 2.04 bits per heavy atom. The minimum atomic E-state index is 0.124. The van der Waals surface area contributed by atoms with E-state index in [2.05, 4.69) is 40.0 Å². The lowest BCUT2D eigenvalue weighted by Crippen LogP contribution is -2.49. The van der Waals surface area contributed by atoms with Gasteiger partial charge < -0.3 is 9.80 Å². The number of carbonyl (C=O) groups excluding carboxylic acids is 1. The molecule has 1 aliphatic rings. The monoisotopic (exact) mass is 356 g/mol. The Morgan fingerprint density at radius 1 is 1.24 bits per heavy atom. The zero-order valence-electron chi connectivity index (χ0n) is 14.3. The standard InChI is InChI=1S/C17H20N6OS/c1-12(2)13-10-15(19-17-20-18-11-23(13)17)21-5-7-22(8-6-21)16(24)14-4-3-9-25-14/h3-4,9-12H,5-8H2,1-2H3. The van der Waals surface area contributed by atoms with Crippen molar-refractivity contribution in [3.05, 3.63) is 40.5 Å². The highest BCUT2D eigenvalue weighted by Crippen LogP contribution is 2.22. The van der Waals surface area contributed by atoms with Crippen molar-refractivity contribution >= 4 is 28.8 Å². The summed E-state index contributed by atoms with van der Waals surface area (Å²) in [5, 5.41) is 10.0. The van der Waals surface area contributed by atoms with Gasteiger partial charge in [0, 0.05) is 37.9 Å². The maximum Gasteiger partial charge on any atom is 0.264 e. The van der Waals surface area contributed by atoms with Crippen LogP contribution >= 0.6 is 11.3 Å². The molecule has 1 amide bonds. The van der Waals surface area contributed by atoms with E-state index in [0.29, 0.717) is 24.8 Å². The molecule has 1 saturated heterocycles. The zero-order chi connectivity index (χ0) is 17.4. The molecule has 0 bridgehead atoms. The molecule has 4 rings (SSSR count). The number of rotatable bonds is 3. The molecule has 3 aromatic heterocycles. The van der Waals surface area contributed by atoms with Crippen LogP contribution in [0.15, 0.2) is 29.9 Å². The Labute approximate surface area is 149 Å². The first kappa shape index (κ1) is 16.0. The van der Waals surface area contributed by atoms with Gasteiger partial charge in [0.2, 0.25) is 0 Å². The number of carbonyl (C=O) groups is 1. The van der Waals surface area contributed by atoms with E-state index in [1.807, 2.05) is 26.8 Å². The number of hydrogen-bond acceptors (Lipinski definition) is 6. The van der Waals surface area contributed by atoms with Gasteiger partial charge in [0.05, 0.1) is 4.88 Å². The van der Waals surface area contributed by atoms with E-state index in [0.717, 1.165) is 29.5 Å². The number of fused-ring (bicyclic) bond motifs is 1. The second kappa shape index (κ2) is 6.44. The van der Waals surface area contributed by atoms with Gasteiger partial charge in [-0.1, -0.05) is 19.9 Å². The predicted molar refractivity (Wildman–Crippen MR) is 97.3 cm³/mol. The Balaban J connectivity index is 1.53. The van der Waals surface area contributed by atoms with Crippen LogP contribution in [0.4, 0.5) is 5.82 Å². The molecule has 4 heterocycles. The number of anilines is 1. The van der Waals surface area contributed by atoms with Crippen molar-refractivity contribution in [2.75, 3.05) is 31.1 Å². The lowest BCUT2D eigenvalue weighted by atomic mass is 10.1. The number of aromatic nitrogens is 4. The molecule has 0 radical (unpaired) electrons. The highest BCUT2D eigenvalue weighted by molar-refractivity contribution is 7.12. The Morgan fingerprint density at radius 3 is 2.72 bits per heavy atom. The maximum atomic E-state index is 12.5. The molecule has 0 N–H and O–H groups in total. The van der Waals surface area contributed by atoms with Gasteiger partial charge >= 0.3 is 0 Å². The topological polar surface area (TPSA) is 66.6 Å². The molecule has 8 heteroatoms. The number of amides is 1. The smallest absolute Gasteiger partial charge is 0.264 e. The summed E-state index contributed by atoms with van der Waals surface area (Å²) in [6, 6.07) is 5.91. The van der Waals surface area contributed by atoms with Gasteiger partial charge in [-0.3, -0.25) is 9.20 Å². The molecule has 1 fully saturated rings. The quantitative estimate of drug-likeness (QED) is 0.720. The fourth-order valence-electron chi connectivity index (χ4n) is 3.13. The molecule has 0 aliphatic carbocycles. The third-order valence-electron chi connectivity index (χ3n) is 4.51. The molecular weight excluding hydrogens is 336 g/mol. The van der Waals surface area contributed by atoms with Crippen molar-refractivity contribution in [2.24, 2.45) is 0 Å². The average molecular weight is 356 g/mol. The Bertz CT molecular complexity index is 880. The summed E-state index contributed by atoms with van der Waals surface area (Å²) >= 11 is 1.49. The number of hydrogen-bond donors (Lipinski definition) is 0. The van der Waals surface area contributed by atoms with Crippen LogP contribution in [-0.2, 0) is 0 Å².